The predicted molar refractivity (Wildman–Crippen MR) is 211 cm³/mol. The number of phenolic OH excluding ortho intramolecular Hbond substituents is 4. The molecule has 0 heterocycles. The van der Waals surface area contributed by atoms with Crippen molar-refractivity contribution in [3.8, 4) is 23.0 Å². The lowest BCUT2D eigenvalue weighted by atomic mass is 9.61. The van der Waals surface area contributed by atoms with E-state index < -0.39 is 121 Å². The molecule has 304 valence electrons. The Morgan fingerprint density at radius 2 is 1.07 bits per heavy atom. The molecule has 0 fully saturated rings. The molecular formula is C44H40N2O13. The van der Waals surface area contributed by atoms with Crippen LogP contribution in [0.15, 0.2) is 51.9 Å². The Morgan fingerprint density at radius 3 is 1.53 bits per heavy atom. The van der Waals surface area contributed by atoms with Gasteiger partial charge in [-0.2, -0.15) is 0 Å². The summed E-state index contributed by atoms with van der Waals surface area (Å²) < 4.78 is 0. The minimum Gasteiger partial charge on any atom is -0.508 e. The summed E-state index contributed by atoms with van der Waals surface area (Å²) in [6.45, 7) is 8.42. The molecule has 4 aliphatic rings. The highest BCUT2D eigenvalue weighted by molar-refractivity contribution is 6.29. The number of carbonyl (C=O) groups excluding carboxylic acids is 5. The van der Waals surface area contributed by atoms with Crippen LogP contribution in [0.25, 0.3) is 21.5 Å². The summed E-state index contributed by atoms with van der Waals surface area (Å²) >= 11 is 0. The van der Waals surface area contributed by atoms with Crippen molar-refractivity contribution in [2.75, 3.05) is 0 Å². The van der Waals surface area contributed by atoms with Crippen LogP contribution in [0.5, 0.6) is 23.0 Å². The number of aliphatic hydroxyl groups is 4. The van der Waals surface area contributed by atoms with Gasteiger partial charge in [-0.25, -0.2) is 0 Å². The molecule has 0 bridgehead atoms. The first-order chi connectivity index (χ1) is 27.5. The average Bonchev–Trinajstić information content (AvgIpc) is 3.17. The molecule has 0 aromatic heterocycles. The Morgan fingerprint density at radius 1 is 0.644 bits per heavy atom. The number of phenols is 4. The Kier molecular flexibility index (Phi) is 8.38. The van der Waals surface area contributed by atoms with E-state index >= 15 is 0 Å². The second kappa shape index (κ2) is 12.5. The number of Topliss-reactive ketones (excluding diaryl/α,β-unsaturated/α-hetero) is 5. The van der Waals surface area contributed by atoms with Crippen molar-refractivity contribution in [2.45, 2.75) is 77.7 Å². The van der Waals surface area contributed by atoms with E-state index in [2.05, 4.69) is 4.99 Å². The van der Waals surface area contributed by atoms with Crippen LogP contribution in [-0.2, 0) is 27.2 Å². The Labute approximate surface area is 335 Å². The second-order valence-corrected chi connectivity index (χ2v) is 16.2. The first-order valence-electron chi connectivity index (χ1n) is 18.8. The number of rotatable bonds is 3. The summed E-state index contributed by atoms with van der Waals surface area (Å²) in [5.41, 5.74) is -0.745. The van der Waals surface area contributed by atoms with Crippen LogP contribution >= 0.6 is 0 Å². The van der Waals surface area contributed by atoms with Crippen LogP contribution in [0.4, 0.5) is 0 Å². The number of nitrogens with zero attached hydrogens (tertiary/aromatic N) is 1. The Bertz CT molecular complexity index is 2870. The van der Waals surface area contributed by atoms with Crippen LogP contribution in [-0.4, -0.2) is 98.8 Å². The summed E-state index contributed by atoms with van der Waals surface area (Å²) in [5.74, 6) is -13.4. The van der Waals surface area contributed by atoms with Gasteiger partial charge in [-0.05, 0) is 98.5 Å². The topological polar surface area (TPSA) is 286 Å². The molecule has 15 nitrogen and oxygen atoms in total. The maximum atomic E-state index is 14.5. The number of aliphatic imine (C=N–C) groups is 1. The average molecular weight is 805 g/mol. The lowest BCUT2D eigenvalue weighted by Crippen LogP contribution is -2.64. The van der Waals surface area contributed by atoms with Gasteiger partial charge in [0, 0.05) is 17.5 Å². The van der Waals surface area contributed by atoms with Crippen molar-refractivity contribution >= 4 is 56.2 Å². The summed E-state index contributed by atoms with van der Waals surface area (Å²) in [7, 11) is 0. The molecular weight excluding hydrogens is 764 g/mol. The smallest absolute Gasteiger partial charge is 0.206 e. The van der Waals surface area contributed by atoms with Gasteiger partial charge in [0.2, 0.25) is 11.6 Å². The molecule has 59 heavy (non-hydrogen) atoms. The molecule has 0 amide bonds. The highest BCUT2D eigenvalue weighted by Gasteiger charge is 2.63. The van der Waals surface area contributed by atoms with Crippen LogP contribution in [0.1, 0.15) is 67.9 Å². The van der Waals surface area contributed by atoms with Gasteiger partial charge in [-0.3, -0.25) is 29.0 Å². The van der Waals surface area contributed by atoms with Crippen LogP contribution < -0.4 is 5.73 Å². The molecule has 15 heteroatoms. The van der Waals surface area contributed by atoms with E-state index in [0.717, 1.165) is 13.8 Å². The van der Waals surface area contributed by atoms with Gasteiger partial charge >= 0.3 is 0 Å². The fourth-order valence-corrected chi connectivity index (χ4v) is 9.88. The van der Waals surface area contributed by atoms with Gasteiger partial charge in [0.1, 0.15) is 46.1 Å². The van der Waals surface area contributed by atoms with E-state index in [9.17, 15) is 64.8 Å². The third-order valence-corrected chi connectivity index (χ3v) is 13.2. The highest BCUT2D eigenvalue weighted by atomic mass is 16.4. The molecule has 6 unspecified atom stereocenters. The molecule has 0 saturated heterocycles. The third kappa shape index (κ3) is 4.74. The molecule has 0 saturated carbocycles. The summed E-state index contributed by atoms with van der Waals surface area (Å²) in [4.78, 5) is 74.6. The largest absolute Gasteiger partial charge is 0.508 e. The molecule has 0 radical (unpaired) electrons. The van der Waals surface area contributed by atoms with E-state index in [1.165, 1.54) is 0 Å². The van der Waals surface area contributed by atoms with Crippen molar-refractivity contribution in [2.24, 2.45) is 22.6 Å². The van der Waals surface area contributed by atoms with E-state index in [1.807, 2.05) is 0 Å². The maximum absolute atomic E-state index is 14.5. The van der Waals surface area contributed by atoms with Gasteiger partial charge in [0.05, 0.1) is 33.5 Å². The lowest BCUT2D eigenvalue weighted by molar-refractivity contribution is -0.127. The number of fused-ring (bicyclic) bond motifs is 6. The molecule has 6 atom stereocenters. The van der Waals surface area contributed by atoms with Crippen LogP contribution in [0.3, 0.4) is 0 Å². The van der Waals surface area contributed by atoms with Gasteiger partial charge < -0.3 is 46.6 Å². The first kappa shape index (κ1) is 39.4. The van der Waals surface area contributed by atoms with Gasteiger partial charge in [-0.1, -0.05) is 24.3 Å². The monoisotopic (exact) mass is 804 g/mol. The van der Waals surface area contributed by atoms with E-state index in [0.29, 0.717) is 33.0 Å². The van der Waals surface area contributed by atoms with Crippen molar-refractivity contribution in [3.05, 3.63) is 91.4 Å². The maximum Gasteiger partial charge on any atom is 0.206 e. The van der Waals surface area contributed by atoms with Crippen LogP contribution in [0.2, 0.25) is 0 Å². The second-order valence-electron chi connectivity index (χ2n) is 16.2. The highest BCUT2D eigenvalue weighted by Crippen LogP contribution is 2.53. The number of aliphatic hydroxyl groups excluding tert-OH is 2. The molecule has 10 N–H and O–H groups in total. The SMILES string of the molecule is CC(=O)C1=C(O)C2(O)C(=O)c3c(c(C)c4ccc(C)c(O)c4c3O)CC2C(N=C(C)C2=C(O)C3(O)C(=O)c4c(c(C)c5ccc(C)c(O)c5c4O)CC3C(N)C2=O)C1=O. The van der Waals surface area contributed by atoms with Crippen LogP contribution in [0, 0.1) is 39.5 Å². The first-order valence-corrected chi connectivity index (χ1v) is 18.8. The van der Waals surface area contributed by atoms with Gasteiger partial charge in [-0.15, -0.1) is 0 Å². The minimum absolute atomic E-state index is 0.0674. The quantitative estimate of drug-likeness (QED) is 0.106. The van der Waals surface area contributed by atoms with Gasteiger partial charge in [0.15, 0.2) is 28.6 Å². The number of aromatic hydroxyl groups is 4. The van der Waals surface area contributed by atoms with E-state index in [1.54, 1.807) is 52.0 Å². The molecule has 0 aliphatic heterocycles. The van der Waals surface area contributed by atoms with Gasteiger partial charge in [0.25, 0.3) is 0 Å². The minimum atomic E-state index is -3.06. The van der Waals surface area contributed by atoms with E-state index in [-0.39, 0.29) is 39.8 Å². The predicted octanol–water partition coefficient (Wildman–Crippen LogP) is 3.46. The summed E-state index contributed by atoms with van der Waals surface area (Å²) in [5, 5.41) is 93.2. The van der Waals surface area contributed by atoms with Crippen molar-refractivity contribution in [1.82, 2.24) is 0 Å². The Balaban J connectivity index is 1.32. The molecule has 4 aromatic rings. The number of benzene rings is 4. The zero-order chi connectivity index (χ0) is 43.3. The van der Waals surface area contributed by atoms with Crippen molar-refractivity contribution in [3.63, 3.8) is 0 Å². The normalized spacial score (nSPS) is 27.0. The molecule has 0 spiro atoms. The number of ketones is 5. The number of aryl methyl sites for hydroxylation is 4. The number of hydrogen-bond acceptors (Lipinski definition) is 15. The fraction of sp³-hybridized carbons (Fsp3) is 0.318. The van der Waals surface area contributed by atoms with E-state index in [4.69, 9.17) is 5.73 Å². The molecule has 8 rings (SSSR count). The molecule has 4 aliphatic carbocycles. The number of hydrogen-bond donors (Lipinski definition) is 9. The third-order valence-electron chi connectivity index (χ3n) is 13.2. The summed E-state index contributed by atoms with van der Waals surface area (Å²) in [6.07, 6.45) is -0.702. The fourth-order valence-electron chi connectivity index (χ4n) is 9.88. The lowest BCUT2D eigenvalue weighted by Gasteiger charge is -2.46. The number of nitrogens with two attached hydrogens (primary N) is 1. The summed E-state index contributed by atoms with van der Waals surface area (Å²) in [6, 6.07) is 2.84. The van der Waals surface area contributed by atoms with Crippen molar-refractivity contribution in [1.29, 1.82) is 0 Å². The standard InChI is InChI=1S/C44H40N2O13/c1-13-7-9-19-15(3)21-11-23-31(45)37(52)25(39(54)43(23,58)41(56)29(21)35(50)27(19)33(13)48)17(5)46-32-24-12-22-16(4)20-10-8-14(2)34(49)28(20)36(51)30(22)42(57)44(24,59)40(55)26(18(6)47)38(32)53/h7-10,23-24,31-32,48-51,54-55,58-59H,11-12,45H2,1-6H3. The zero-order valence-corrected chi connectivity index (χ0v) is 32.7. The Hall–Kier alpha value is -6.42. The number of carbonyl (C=O) groups is 5. The zero-order valence-electron chi connectivity index (χ0n) is 32.7. The van der Waals surface area contributed by atoms with Crippen molar-refractivity contribution < 1.29 is 64.8 Å². The molecule has 4 aromatic carbocycles.